The number of halogens is 4. The van der Waals surface area contributed by atoms with E-state index in [1.54, 1.807) is 18.2 Å². The van der Waals surface area contributed by atoms with Gasteiger partial charge in [-0.1, -0.05) is 15.9 Å². The Labute approximate surface area is 192 Å². The van der Waals surface area contributed by atoms with Crippen LogP contribution < -0.4 is 39.4 Å². The summed E-state index contributed by atoms with van der Waals surface area (Å²) in [5, 5.41) is 12.7. The van der Waals surface area contributed by atoms with Gasteiger partial charge in [0, 0.05) is 34.0 Å². The van der Waals surface area contributed by atoms with Gasteiger partial charge in [-0.15, -0.1) is 11.3 Å². The minimum atomic E-state index is -1.37. The minimum Gasteiger partial charge on any atom is -0.543 e. The predicted octanol–water partition coefficient (Wildman–Crippen LogP) is 0.860. The molecule has 3 rings (SSSR count). The van der Waals surface area contributed by atoms with Gasteiger partial charge in [0.25, 0.3) is 0 Å². The number of thiazole rings is 1. The van der Waals surface area contributed by atoms with Crippen LogP contribution in [0.3, 0.4) is 0 Å². The Morgan fingerprint density at radius 3 is 2.46 bits per heavy atom. The first-order valence-electron chi connectivity index (χ1n) is 7.54. The van der Waals surface area contributed by atoms with Crippen molar-refractivity contribution in [3.05, 3.63) is 79.5 Å². The van der Waals surface area contributed by atoms with Crippen LogP contribution in [0.25, 0.3) is 0 Å². The second-order valence-corrected chi connectivity index (χ2v) is 7.34. The number of carbonyl (C=O) groups excluding carboxylic acids is 1. The number of carboxylic acids is 1. The zero-order valence-corrected chi connectivity index (χ0v) is 18.9. The molecule has 2 aromatic carbocycles. The summed E-state index contributed by atoms with van der Waals surface area (Å²) in [7, 11) is 0. The van der Waals surface area contributed by atoms with Crippen LogP contribution in [0.2, 0.25) is 0 Å². The smallest absolute Gasteiger partial charge is 0.543 e. The Morgan fingerprint density at radius 2 is 1.86 bits per heavy atom. The van der Waals surface area contributed by atoms with E-state index < -0.39 is 35.6 Å². The molecule has 0 N–H and O–H groups in total. The van der Waals surface area contributed by atoms with Crippen molar-refractivity contribution in [1.29, 1.82) is 0 Å². The van der Waals surface area contributed by atoms with Crippen LogP contribution in [0.1, 0.15) is 26.6 Å². The fourth-order valence-electron chi connectivity index (χ4n) is 2.34. The number of benzene rings is 2. The number of ether oxygens (including phenoxy) is 1. The number of rotatable bonds is 6. The van der Waals surface area contributed by atoms with E-state index in [1.165, 1.54) is 5.38 Å². The molecule has 140 valence electrons. The molecule has 0 aliphatic carbocycles. The summed E-state index contributed by atoms with van der Waals surface area (Å²) in [6, 6.07) is 6.19. The van der Waals surface area contributed by atoms with Gasteiger partial charge in [-0.25, -0.2) is 18.2 Å². The molecule has 1 heterocycles. The second-order valence-electron chi connectivity index (χ2n) is 5.48. The Bertz CT molecular complexity index is 992. The average molecular weight is 480 g/mol. The maximum Gasteiger partial charge on any atom is 1.00 e. The van der Waals surface area contributed by atoms with Gasteiger partial charge in [-0.2, -0.15) is 0 Å². The number of carboxylic acid groups (broad SMARTS) is 1. The second kappa shape index (κ2) is 9.89. The van der Waals surface area contributed by atoms with Gasteiger partial charge in [-0.05, 0) is 18.2 Å². The van der Waals surface area contributed by atoms with Crippen LogP contribution in [-0.4, -0.2) is 11.0 Å². The van der Waals surface area contributed by atoms with Gasteiger partial charge in [0.1, 0.15) is 29.8 Å². The summed E-state index contributed by atoms with van der Waals surface area (Å²) < 4.78 is 46.8. The van der Waals surface area contributed by atoms with E-state index in [4.69, 9.17) is 4.74 Å². The first kappa shape index (κ1) is 22.9. The standard InChI is InChI=1S/C18H11BrF3NO3S.Na/c19-10-1-2-16(26-7-12-13(21)5-11(20)6-14(12)22)9(3-10)4-17-23-15(8-27-17)18(24)25;/h1-3,5-6,8H,4,7H2,(H,24,25);/q;+1/p-1. The minimum absolute atomic E-state index is 0. The maximum atomic E-state index is 13.8. The van der Waals surface area contributed by atoms with E-state index >= 15 is 0 Å². The molecular weight excluding hydrogens is 470 g/mol. The molecule has 0 saturated carbocycles. The summed E-state index contributed by atoms with van der Waals surface area (Å²) in [4.78, 5) is 14.8. The van der Waals surface area contributed by atoms with E-state index in [0.717, 1.165) is 15.8 Å². The SMILES string of the molecule is O=C([O-])c1csc(Cc2cc(Br)ccc2OCc2c(F)cc(F)cc2F)n1.[Na+]. The molecule has 0 amide bonds. The van der Waals surface area contributed by atoms with Gasteiger partial charge in [-0.3, -0.25) is 0 Å². The molecule has 4 nitrogen and oxygen atoms in total. The van der Waals surface area contributed by atoms with E-state index in [9.17, 15) is 23.1 Å². The van der Waals surface area contributed by atoms with Crippen molar-refractivity contribution in [2.75, 3.05) is 0 Å². The molecule has 0 atom stereocenters. The number of carbonyl (C=O) groups is 1. The number of hydrogen-bond acceptors (Lipinski definition) is 5. The van der Waals surface area contributed by atoms with Gasteiger partial charge in [0.15, 0.2) is 0 Å². The molecule has 3 aromatic rings. The average Bonchev–Trinajstić information content (AvgIpc) is 3.04. The quantitative estimate of drug-likeness (QED) is 0.492. The Kier molecular flexibility index (Phi) is 8.08. The van der Waals surface area contributed by atoms with Crippen molar-refractivity contribution in [1.82, 2.24) is 4.98 Å². The Hall–Kier alpha value is -1.39. The third-order valence-electron chi connectivity index (χ3n) is 3.60. The molecule has 0 spiro atoms. The molecule has 0 radical (unpaired) electrons. The van der Waals surface area contributed by atoms with Gasteiger partial charge < -0.3 is 14.6 Å². The van der Waals surface area contributed by atoms with E-state index in [1.807, 2.05) is 0 Å². The van der Waals surface area contributed by atoms with Crippen molar-refractivity contribution in [2.45, 2.75) is 13.0 Å². The van der Waals surface area contributed by atoms with Crippen LogP contribution in [0.15, 0.2) is 40.2 Å². The summed E-state index contributed by atoms with van der Waals surface area (Å²) >= 11 is 4.47. The molecule has 0 fully saturated rings. The molecule has 0 saturated heterocycles. The van der Waals surface area contributed by atoms with Crippen molar-refractivity contribution in [3.8, 4) is 5.75 Å². The van der Waals surface area contributed by atoms with E-state index in [-0.39, 0.29) is 41.7 Å². The van der Waals surface area contributed by atoms with Crippen LogP contribution in [0, 0.1) is 17.5 Å². The number of aromatic carboxylic acids is 1. The Balaban J connectivity index is 0.00000280. The normalized spacial score (nSPS) is 10.4. The Morgan fingerprint density at radius 1 is 1.18 bits per heavy atom. The summed E-state index contributed by atoms with van der Waals surface area (Å²) in [5.74, 6) is -4.11. The molecule has 28 heavy (non-hydrogen) atoms. The summed E-state index contributed by atoms with van der Waals surface area (Å²) in [5.41, 5.74) is 0.0771. The molecule has 0 aliphatic heterocycles. The molecule has 1 aromatic heterocycles. The molecular formula is C18H10BrF3NNaO3S. The first-order chi connectivity index (χ1) is 12.8. The zero-order chi connectivity index (χ0) is 19.6. The third-order valence-corrected chi connectivity index (χ3v) is 4.94. The number of nitrogens with zero attached hydrogens (tertiary/aromatic N) is 1. The van der Waals surface area contributed by atoms with Crippen molar-refractivity contribution in [3.63, 3.8) is 0 Å². The number of hydrogen-bond donors (Lipinski definition) is 0. The van der Waals surface area contributed by atoms with Gasteiger partial charge in [0.05, 0.1) is 22.2 Å². The number of aromatic nitrogens is 1. The summed E-state index contributed by atoms with van der Waals surface area (Å²) in [6.45, 7) is -0.436. The topological polar surface area (TPSA) is 62.2 Å². The van der Waals surface area contributed by atoms with Crippen LogP contribution in [0.4, 0.5) is 13.2 Å². The molecule has 0 aliphatic rings. The largest absolute Gasteiger partial charge is 1.00 e. The van der Waals surface area contributed by atoms with Gasteiger partial charge >= 0.3 is 29.6 Å². The fraction of sp³-hybridized carbons (Fsp3) is 0.111. The van der Waals surface area contributed by atoms with Crippen molar-refractivity contribution in [2.24, 2.45) is 0 Å². The fourth-order valence-corrected chi connectivity index (χ4v) is 3.53. The van der Waals surface area contributed by atoms with Crippen molar-refractivity contribution >= 4 is 33.2 Å². The monoisotopic (exact) mass is 479 g/mol. The van der Waals surface area contributed by atoms with Crippen LogP contribution in [0.5, 0.6) is 5.75 Å². The maximum absolute atomic E-state index is 13.8. The van der Waals surface area contributed by atoms with E-state index in [0.29, 0.717) is 28.5 Å². The van der Waals surface area contributed by atoms with Crippen LogP contribution >= 0.6 is 27.3 Å². The first-order valence-corrected chi connectivity index (χ1v) is 9.21. The molecule has 0 bridgehead atoms. The molecule has 0 unspecified atom stereocenters. The van der Waals surface area contributed by atoms with E-state index in [2.05, 4.69) is 20.9 Å². The predicted molar refractivity (Wildman–Crippen MR) is 94.0 cm³/mol. The third kappa shape index (κ3) is 5.57. The molecule has 10 heteroatoms. The zero-order valence-electron chi connectivity index (χ0n) is 14.5. The van der Waals surface area contributed by atoms with Crippen molar-refractivity contribution < 1.29 is 57.4 Å². The summed E-state index contributed by atoms with van der Waals surface area (Å²) in [6.07, 6.45) is 0.251. The van der Waals surface area contributed by atoms with Gasteiger partial charge in [0.2, 0.25) is 0 Å². The van der Waals surface area contributed by atoms with Crippen LogP contribution in [-0.2, 0) is 13.0 Å².